The maximum absolute atomic E-state index is 12.8. The molecule has 1 aromatic heterocycles. The molecule has 0 bridgehead atoms. The van der Waals surface area contributed by atoms with Crippen LogP contribution in [0.3, 0.4) is 0 Å². The van der Waals surface area contributed by atoms with E-state index in [1.807, 2.05) is 0 Å². The van der Waals surface area contributed by atoms with Gasteiger partial charge in [-0.2, -0.15) is 0 Å². The molecule has 1 rings (SSSR count). The Morgan fingerprint density at radius 2 is 2.17 bits per heavy atom. The summed E-state index contributed by atoms with van der Waals surface area (Å²) in [7, 11) is 1.22. The molecule has 0 spiro atoms. The molecule has 18 heavy (non-hydrogen) atoms. The predicted octanol–water partition coefficient (Wildman–Crippen LogP) is 1.43. The zero-order valence-corrected chi connectivity index (χ0v) is 9.96. The fraction of sp³-hybridized carbons (Fsp3) is 0.455. The number of ether oxygens (including phenoxy) is 2. The average molecular weight is 261 g/mol. The Balaban J connectivity index is 3.21. The molecule has 1 N–H and O–H groups in total. The molecule has 0 amide bonds. The van der Waals surface area contributed by atoms with E-state index < -0.39 is 23.5 Å². The fourth-order valence-corrected chi connectivity index (χ4v) is 1.49. The second kappa shape index (κ2) is 6.13. The molecule has 0 fully saturated rings. The topological polar surface area (TPSA) is 68.4 Å². The Labute approximate surface area is 102 Å². The van der Waals surface area contributed by atoms with Gasteiger partial charge >= 0.3 is 5.97 Å². The summed E-state index contributed by atoms with van der Waals surface area (Å²) in [5.74, 6) is -0.810. The molecule has 0 aliphatic rings. The second-order valence-electron chi connectivity index (χ2n) is 3.38. The Hall–Kier alpha value is -1.92. The van der Waals surface area contributed by atoms with E-state index in [-0.39, 0.29) is 24.5 Å². The van der Waals surface area contributed by atoms with Crippen LogP contribution in [0.25, 0.3) is 0 Å². The highest BCUT2D eigenvalue weighted by Gasteiger charge is 2.21. The predicted molar refractivity (Wildman–Crippen MR) is 58.9 cm³/mol. The third-order valence-electron chi connectivity index (χ3n) is 2.21. The van der Waals surface area contributed by atoms with Crippen molar-refractivity contribution in [2.24, 2.45) is 0 Å². The Morgan fingerprint density at radius 1 is 1.50 bits per heavy atom. The average Bonchev–Trinajstić information content (AvgIpc) is 2.30. The monoisotopic (exact) mass is 261 g/mol. The normalized spacial score (nSPS) is 10.5. The number of rotatable bonds is 5. The first kappa shape index (κ1) is 14.1. The van der Waals surface area contributed by atoms with Crippen molar-refractivity contribution in [3.8, 4) is 5.88 Å². The van der Waals surface area contributed by atoms with Crippen LogP contribution in [0.4, 0.5) is 8.78 Å². The summed E-state index contributed by atoms with van der Waals surface area (Å²) < 4.78 is 35.1. The third kappa shape index (κ3) is 3.28. The summed E-state index contributed by atoms with van der Waals surface area (Å²) in [6.45, 7) is 1.75. The van der Waals surface area contributed by atoms with Gasteiger partial charge in [-0.3, -0.25) is 14.6 Å². The van der Waals surface area contributed by atoms with Crippen molar-refractivity contribution in [3.05, 3.63) is 27.5 Å². The number of aromatic nitrogens is 1. The van der Waals surface area contributed by atoms with Crippen LogP contribution in [-0.2, 0) is 16.0 Å². The van der Waals surface area contributed by atoms with Crippen molar-refractivity contribution in [1.29, 1.82) is 0 Å². The van der Waals surface area contributed by atoms with Crippen LogP contribution in [0.5, 0.6) is 5.88 Å². The SMILES string of the molecule is CCOC(=O)Cc1c(C(F)F)cc(=O)[nH]c1OC. The summed E-state index contributed by atoms with van der Waals surface area (Å²) in [4.78, 5) is 24.7. The molecule has 7 heteroatoms. The van der Waals surface area contributed by atoms with Gasteiger partial charge in [-0.1, -0.05) is 0 Å². The molecule has 0 saturated heterocycles. The zero-order valence-electron chi connectivity index (χ0n) is 9.96. The van der Waals surface area contributed by atoms with Crippen molar-refractivity contribution in [1.82, 2.24) is 4.98 Å². The zero-order chi connectivity index (χ0) is 13.7. The fourth-order valence-electron chi connectivity index (χ4n) is 1.49. The highest BCUT2D eigenvalue weighted by atomic mass is 19.3. The summed E-state index contributed by atoms with van der Waals surface area (Å²) in [6, 6.07) is 0.752. The van der Waals surface area contributed by atoms with E-state index >= 15 is 0 Å². The lowest BCUT2D eigenvalue weighted by Crippen LogP contribution is -2.16. The maximum Gasteiger partial charge on any atom is 0.310 e. The summed E-state index contributed by atoms with van der Waals surface area (Å²) in [5.41, 5.74) is -1.30. The number of hydrogen-bond donors (Lipinski definition) is 1. The minimum Gasteiger partial charge on any atom is -0.482 e. The minimum atomic E-state index is -2.87. The Morgan fingerprint density at radius 3 is 2.67 bits per heavy atom. The molecular formula is C11H13F2NO4. The number of H-pyrrole nitrogens is 1. The smallest absolute Gasteiger partial charge is 0.310 e. The molecule has 0 aliphatic carbocycles. The van der Waals surface area contributed by atoms with Crippen molar-refractivity contribution in [2.75, 3.05) is 13.7 Å². The van der Waals surface area contributed by atoms with E-state index in [1.165, 1.54) is 7.11 Å². The number of esters is 1. The molecule has 0 atom stereocenters. The minimum absolute atomic E-state index is 0.0643. The number of pyridine rings is 1. The molecule has 1 heterocycles. The van der Waals surface area contributed by atoms with Crippen LogP contribution in [-0.4, -0.2) is 24.7 Å². The first-order chi connectivity index (χ1) is 8.49. The summed E-state index contributed by atoms with van der Waals surface area (Å²) >= 11 is 0. The third-order valence-corrected chi connectivity index (χ3v) is 2.21. The lowest BCUT2D eigenvalue weighted by molar-refractivity contribution is -0.142. The second-order valence-corrected chi connectivity index (χ2v) is 3.38. The van der Waals surface area contributed by atoms with Crippen LogP contribution in [0, 0.1) is 0 Å². The number of nitrogens with one attached hydrogen (secondary N) is 1. The van der Waals surface area contributed by atoms with E-state index in [0.717, 1.165) is 6.07 Å². The number of carbonyl (C=O) groups is 1. The Kier molecular flexibility index (Phi) is 4.82. The number of halogens is 2. The number of aromatic amines is 1. The number of hydrogen-bond acceptors (Lipinski definition) is 4. The number of alkyl halides is 2. The lowest BCUT2D eigenvalue weighted by Gasteiger charge is -2.12. The van der Waals surface area contributed by atoms with Gasteiger partial charge in [-0.15, -0.1) is 0 Å². The van der Waals surface area contributed by atoms with E-state index in [1.54, 1.807) is 6.92 Å². The Bertz CT molecular complexity index is 484. The van der Waals surface area contributed by atoms with Gasteiger partial charge in [0.25, 0.3) is 12.0 Å². The molecule has 1 aromatic rings. The van der Waals surface area contributed by atoms with Crippen LogP contribution >= 0.6 is 0 Å². The van der Waals surface area contributed by atoms with E-state index in [9.17, 15) is 18.4 Å². The van der Waals surface area contributed by atoms with Gasteiger partial charge in [0.15, 0.2) is 5.88 Å². The summed E-state index contributed by atoms with van der Waals surface area (Å²) in [6.07, 6.45) is -3.25. The molecule has 0 aromatic carbocycles. The van der Waals surface area contributed by atoms with Crippen LogP contribution < -0.4 is 10.3 Å². The number of carbonyl (C=O) groups excluding carboxylic acids is 1. The van der Waals surface area contributed by atoms with Gasteiger partial charge in [-0.25, -0.2) is 8.78 Å². The van der Waals surface area contributed by atoms with E-state index in [0.29, 0.717) is 0 Å². The van der Waals surface area contributed by atoms with Crippen molar-refractivity contribution in [3.63, 3.8) is 0 Å². The molecule has 0 unspecified atom stereocenters. The summed E-state index contributed by atoms with van der Waals surface area (Å²) in [5, 5.41) is 0. The first-order valence-corrected chi connectivity index (χ1v) is 5.23. The van der Waals surface area contributed by atoms with E-state index in [2.05, 4.69) is 9.72 Å². The molecule has 0 aliphatic heterocycles. The largest absolute Gasteiger partial charge is 0.482 e. The quantitative estimate of drug-likeness (QED) is 0.814. The van der Waals surface area contributed by atoms with Crippen molar-refractivity contribution in [2.45, 2.75) is 19.8 Å². The van der Waals surface area contributed by atoms with Gasteiger partial charge in [0.05, 0.1) is 20.1 Å². The molecule has 100 valence electrons. The van der Waals surface area contributed by atoms with Crippen LogP contribution in [0.1, 0.15) is 24.5 Å². The highest BCUT2D eigenvalue weighted by molar-refractivity contribution is 5.74. The van der Waals surface area contributed by atoms with Gasteiger partial charge < -0.3 is 9.47 Å². The highest BCUT2D eigenvalue weighted by Crippen LogP contribution is 2.27. The molecular weight excluding hydrogens is 248 g/mol. The first-order valence-electron chi connectivity index (χ1n) is 5.23. The van der Waals surface area contributed by atoms with Crippen LogP contribution in [0.2, 0.25) is 0 Å². The van der Waals surface area contributed by atoms with Gasteiger partial charge in [-0.05, 0) is 6.92 Å². The van der Waals surface area contributed by atoms with E-state index in [4.69, 9.17) is 4.74 Å². The lowest BCUT2D eigenvalue weighted by atomic mass is 10.1. The maximum atomic E-state index is 12.8. The molecule has 0 radical (unpaired) electrons. The van der Waals surface area contributed by atoms with Gasteiger partial charge in [0, 0.05) is 17.2 Å². The van der Waals surface area contributed by atoms with Gasteiger partial charge in [0.2, 0.25) is 0 Å². The van der Waals surface area contributed by atoms with Crippen LogP contribution in [0.15, 0.2) is 10.9 Å². The van der Waals surface area contributed by atoms with Gasteiger partial charge in [0.1, 0.15) is 0 Å². The molecule has 5 nitrogen and oxygen atoms in total. The molecule has 0 saturated carbocycles. The number of methoxy groups -OCH3 is 1. The standard InChI is InChI=1S/C11H13F2NO4/c1-3-18-9(16)5-7-6(10(12)13)4-8(15)14-11(7)17-2/h4,10H,3,5H2,1-2H3,(H,14,15). The van der Waals surface area contributed by atoms with Crippen molar-refractivity contribution < 1.29 is 23.0 Å². The van der Waals surface area contributed by atoms with Crippen molar-refractivity contribution >= 4 is 5.97 Å².